The van der Waals surface area contributed by atoms with Gasteiger partial charge in [-0.2, -0.15) is 0 Å². The molecule has 1 aliphatic rings. The fourth-order valence-corrected chi connectivity index (χ4v) is 0.487. The molecule has 0 saturated heterocycles. The van der Waals surface area contributed by atoms with E-state index in [1.807, 2.05) is 27.7 Å². The molecule has 2 nitrogen and oxygen atoms in total. The average molecular weight is 161 g/mol. The lowest BCUT2D eigenvalue weighted by Gasteiger charge is -1.97. The summed E-state index contributed by atoms with van der Waals surface area (Å²) < 4.78 is 0. The monoisotopic (exact) mass is 161 g/mol. The molecule has 0 atom stereocenters. The Balaban J connectivity index is -0.000000144. The van der Waals surface area contributed by atoms with E-state index in [0.717, 1.165) is 12.8 Å². The molecule has 1 aliphatic carbocycles. The first-order valence-electron chi connectivity index (χ1n) is 4.45. The number of carbonyl (C=O) groups is 1. The smallest absolute Gasteiger partial charge is 0.149 e. The van der Waals surface area contributed by atoms with Gasteiger partial charge in [-0.15, -0.1) is 0 Å². The Morgan fingerprint density at radius 3 is 1.55 bits per heavy atom. The third-order valence-electron chi connectivity index (χ3n) is 1.49. The minimum Gasteiger partial charge on any atom is -0.319 e. The number of Topliss-reactive ketones (excluding diaryl/α,β-unsaturated/α-hetero) is 1. The summed E-state index contributed by atoms with van der Waals surface area (Å²) in [5, 5.41) is 0. The SMILES string of the molecule is CC.CC.CC(=O)C1(N)CC1.[HH]. The standard InChI is InChI=1S/C5H9NO.2C2H6.H2/c1-4(7)5(6)2-3-5;2*1-2;/h2-3,6H2,1H3;2*1-2H3;1H. The van der Waals surface area contributed by atoms with Gasteiger partial charge >= 0.3 is 0 Å². The van der Waals surface area contributed by atoms with Crippen molar-refractivity contribution in [1.29, 1.82) is 0 Å². The van der Waals surface area contributed by atoms with Crippen LogP contribution in [0, 0.1) is 0 Å². The molecule has 0 aromatic rings. The van der Waals surface area contributed by atoms with Gasteiger partial charge in [0.15, 0.2) is 0 Å². The van der Waals surface area contributed by atoms with Crippen molar-refractivity contribution in [3.05, 3.63) is 0 Å². The van der Waals surface area contributed by atoms with E-state index in [9.17, 15) is 4.79 Å². The summed E-state index contributed by atoms with van der Waals surface area (Å²) in [7, 11) is 0. The Morgan fingerprint density at radius 1 is 1.27 bits per heavy atom. The molecule has 1 saturated carbocycles. The first-order chi connectivity index (χ1) is 5.15. The second-order valence-electron chi connectivity index (χ2n) is 2.21. The molecule has 1 fully saturated rings. The number of nitrogens with two attached hydrogens (primary N) is 1. The van der Waals surface area contributed by atoms with Gasteiger partial charge in [0.25, 0.3) is 0 Å². The predicted octanol–water partition coefficient (Wildman–Crippen LogP) is 2.37. The fourth-order valence-electron chi connectivity index (χ4n) is 0.487. The number of hydrogen-bond donors (Lipinski definition) is 1. The van der Waals surface area contributed by atoms with E-state index in [4.69, 9.17) is 5.73 Å². The lowest BCUT2D eigenvalue weighted by Crippen LogP contribution is -2.30. The molecule has 0 radical (unpaired) electrons. The van der Waals surface area contributed by atoms with Gasteiger partial charge in [-0.3, -0.25) is 4.79 Å². The van der Waals surface area contributed by atoms with E-state index >= 15 is 0 Å². The molecule has 2 N–H and O–H groups in total. The topological polar surface area (TPSA) is 43.1 Å². The maximum Gasteiger partial charge on any atom is 0.149 e. The number of hydrogen-bond acceptors (Lipinski definition) is 2. The number of ketones is 1. The first-order valence-corrected chi connectivity index (χ1v) is 4.45. The van der Waals surface area contributed by atoms with Crippen molar-refractivity contribution in [2.24, 2.45) is 5.73 Å². The van der Waals surface area contributed by atoms with Crippen molar-refractivity contribution in [1.82, 2.24) is 0 Å². The highest BCUT2D eigenvalue weighted by Gasteiger charge is 2.42. The molecule has 0 aliphatic heterocycles. The van der Waals surface area contributed by atoms with Gasteiger partial charge in [0.1, 0.15) is 5.78 Å². The van der Waals surface area contributed by atoms with Gasteiger partial charge in [0, 0.05) is 1.43 Å². The molecule has 0 aromatic carbocycles. The van der Waals surface area contributed by atoms with Crippen LogP contribution in [0.2, 0.25) is 0 Å². The van der Waals surface area contributed by atoms with E-state index in [-0.39, 0.29) is 12.7 Å². The molecule has 0 unspecified atom stereocenters. The molecule has 70 valence electrons. The Labute approximate surface area is 71.7 Å². The average Bonchev–Trinajstić information content (AvgIpc) is 2.78. The van der Waals surface area contributed by atoms with E-state index in [2.05, 4.69) is 0 Å². The summed E-state index contributed by atoms with van der Waals surface area (Å²) in [5.74, 6) is 0.132. The quantitative estimate of drug-likeness (QED) is 0.641. The Hall–Kier alpha value is -0.370. The van der Waals surface area contributed by atoms with E-state index in [1.54, 1.807) is 6.92 Å². The minimum absolute atomic E-state index is 0. The normalized spacial score (nSPS) is 16.5. The van der Waals surface area contributed by atoms with Crippen LogP contribution in [0.25, 0.3) is 0 Å². The molecule has 0 aromatic heterocycles. The number of carbonyl (C=O) groups excluding carboxylic acids is 1. The third-order valence-corrected chi connectivity index (χ3v) is 1.49. The van der Waals surface area contributed by atoms with Gasteiger partial charge < -0.3 is 5.73 Å². The Morgan fingerprint density at radius 2 is 1.55 bits per heavy atom. The maximum atomic E-state index is 10.4. The van der Waals surface area contributed by atoms with Crippen LogP contribution in [0.5, 0.6) is 0 Å². The van der Waals surface area contributed by atoms with Crippen LogP contribution in [0.4, 0.5) is 0 Å². The summed E-state index contributed by atoms with van der Waals surface area (Å²) >= 11 is 0. The van der Waals surface area contributed by atoms with Gasteiger partial charge in [-0.1, -0.05) is 27.7 Å². The molecular formula is C9H23NO. The summed E-state index contributed by atoms with van der Waals surface area (Å²) in [6.45, 7) is 9.55. The lowest BCUT2D eigenvalue weighted by atomic mass is 10.2. The molecule has 1 rings (SSSR count). The minimum atomic E-state index is -0.389. The second-order valence-corrected chi connectivity index (χ2v) is 2.21. The van der Waals surface area contributed by atoms with Crippen LogP contribution < -0.4 is 5.73 Å². The van der Waals surface area contributed by atoms with Crippen molar-refractivity contribution in [3.8, 4) is 0 Å². The molecule has 0 heterocycles. The molecule has 0 amide bonds. The van der Waals surface area contributed by atoms with Gasteiger partial charge in [-0.25, -0.2) is 0 Å². The van der Waals surface area contributed by atoms with Crippen LogP contribution in [0.3, 0.4) is 0 Å². The molecule has 0 spiro atoms. The van der Waals surface area contributed by atoms with Crippen LogP contribution in [0.15, 0.2) is 0 Å². The molecule has 2 heteroatoms. The van der Waals surface area contributed by atoms with Crippen molar-refractivity contribution >= 4 is 5.78 Å². The van der Waals surface area contributed by atoms with Crippen molar-refractivity contribution < 1.29 is 6.22 Å². The highest BCUT2D eigenvalue weighted by molar-refractivity contribution is 5.88. The fraction of sp³-hybridized carbons (Fsp3) is 0.889. The lowest BCUT2D eigenvalue weighted by molar-refractivity contribution is -0.119. The number of rotatable bonds is 1. The summed E-state index contributed by atoms with van der Waals surface area (Å²) in [4.78, 5) is 10.4. The molecule has 0 bridgehead atoms. The van der Waals surface area contributed by atoms with E-state index < -0.39 is 0 Å². The van der Waals surface area contributed by atoms with Crippen LogP contribution in [-0.4, -0.2) is 11.3 Å². The highest BCUT2D eigenvalue weighted by atomic mass is 16.1. The van der Waals surface area contributed by atoms with Crippen molar-refractivity contribution in [2.75, 3.05) is 0 Å². The third kappa shape index (κ3) is 4.96. The first kappa shape index (κ1) is 13.2. The summed E-state index contributed by atoms with van der Waals surface area (Å²) in [6.07, 6.45) is 1.78. The zero-order chi connectivity index (χ0) is 9.49. The second kappa shape index (κ2) is 6.35. The van der Waals surface area contributed by atoms with Gasteiger partial charge in [-0.05, 0) is 19.8 Å². The molecular weight excluding hydrogens is 138 g/mol. The van der Waals surface area contributed by atoms with Crippen LogP contribution in [0.1, 0.15) is 48.9 Å². The van der Waals surface area contributed by atoms with Crippen LogP contribution >= 0.6 is 0 Å². The Kier molecular flexibility index (Phi) is 7.64. The van der Waals surface area contributed by atoms with E-state index in [0.29, 0.717) is 0 Å². The zero-order valence-electron chi connectivity index (χ0n) is 8.40. The highest BCUT2D eigenvalue weighted by Crippen LogP contribution is 2.32. The maximum absolute atomic E-state index is 10.4. The largest absolute Gasteiger partial charge is 0.319 e. The van der Waals surface area contributed by atoms with Gasteiger partial charge in [0.2, 0.25) is 0 Å². The predicted molar refractivity (Wildman–Crippen MR) is 51.6 cm³/mol. The van der Waals surface area contributed by atoms with Crippen molar-refractivity contribution in [3.63, 3.8) is 0 Å². The van der Waals surface area contributed by atoms with E-state index in [1.165, 1.54) is 0 Å². The van der Waals surface area contributed by atoms with Crippen LogP contribution in [-0.2, 0) is 4.79 Å². The summed E-state index contributed by atoms with van der Waals surface area (Å²) in [6, 6.07) is 0. The zero-order valence-corrected chi connectivity index (χ0v) is 8.40. The van der Waals surface area contributed by atoms with Gasteiger partial charge in [0.05, 0.1) is 5.54 Å². The summed E-state index contributed by atoms with van der Waals surface area (Å²) in [5.41, 5.74) is 5.05. The molecule has 11 heavy (non-hydrogen) atoms. The van der Waals surface area contributed by atoms with Crippen molar-refractivity contribution in [2.45, 2.75) is 53.0 Å². The Bertz CT molecular complexity index is 111.